The summed E-state index contributed by atoms with van der Waals surface area (Å²) in [5.74, 6) is 0.745. The Balaban J connectivity index is 1.51. The molecule has 2 aliphatic rings. The van der Waals surface area contributed by atoms with E-state index in [1.807, 2.05) is 12.1 Å². The Bertz CT molecular complexity index is 494. The molecular weight excluding hydrogens is 276 g/mol. The van der Waals surface area contributed by atoms with Crippen molar-refractivity contribution in [2.24, 2.45) is 5.92 Å². The molecule has 4 nitrogen and oxygen atoms in total. The maximum Gasteiger partial charge on any atom is 0.224 e. The van der Waals surface area contributed by atoms with Crippen molar-refractivity contribution in [1.82, 2.24) is 0 Å². The number of benzene rings is 1. The SMILES string of the molecule is COC1CCN(c2ccc(NC(=O)CC3CCCC3)cc2)C1. The first-order chi connectivity index (χ1) is 10.7. The van der Waals surface area contributed by atoms with Gasteiger partial charge in [0.05, 0.1) is 6.10 Å². The van der Waals surface area contributed by atoms with Crippen molar-refractivity contribution >= 4 is 17.3 Å². The van der Waals surface area contributed by atoms with E-state index >= 15 is 0 Å². The molecule has 0 aromatic heterocycles. The Kier molecular flexibility index (Phi) is 4.98. The minimum atomic E-state index is 0.153. The van der Waals surface area contributed by atoms with Crippen LogP contribution >= 0.6 is 0 Å². The van der Waals surface area contributed by atoms with Gasteiger partial charge in [0.15, 0.2) is 0 Å². The first-order valence-electron chi connectivity index (χ1n) is 8.42. The lowest BCUT2D eigenvalue weighted by Crippen LogP contribution is -2.22. The molecule has 1 atom stereocenters. The van der Waals surface area contributed by atoms with Crippen LogP contribution in [0.15, 0.2) is 24.3 Å². The van der Waals surface area contributed by atoms with Crippen molar-refractivity contribution in [2.45, 2.75) is 44.6 Å². The largest absolute Gasteiger partial charge is 0.380 e. The summed E-state index contributed by atoms with van der Waals surface area (Å²) in [4.78, 5) is 14.4. The molecule has 1 saturated carbocycles. The number of carbonyl (C=O) groups excluding carboxylic acids is 1. The quantitative estimate of drug-likeness (QED) is 0.906. The lowest BCUT2D eigenvalue weighted by Gasteiger charge is -2.19. The molecule has 4 heteroatoms. The van der Waals surface area contributed by atoms with Gasteiger partial charge >= 0.3 is 0 Å². The highest BCUT2D eigenvalue weighted by molar-refractivity contribution is 5.91. The Labute approximate surface area is 132 Å². The predicted molar refractivity (Wildman–Crippen MR) is 89.3 cm³/mol. The summed E-state index contributed by atoms with van der Waals surface area (Å²) in [5, 5.41) is 3.02. The van der Waals surface area contributed by atoms with Gasteiger partial charge in [-0.3, -0.25) is 4.79 Å². The molecule has 1 heterocycles. The molecule has 1 amide bonds. The lowest BCUT2D eigenvalue weighted by molar-refractivity contribution is -0.117. The summed E-state index contributed by atoms with van der Waals surface area (Å²) in [6.07, 6.45) is 7.07. The van der Waals surface area contributed by atoms with Crippen molar-refractivity contribution in [3.05, 3.63) is 24.3 Å². The van der Waals surface area contributed by atoms with Gasteiger partial charge in [-0.2, -0.15) is 0 Å². The zero-order valence-corrected chi connectivity index (χ0v) is 13.4. The fraction of sp³-hybridized carbons (Fsp3) is 0.611. The third kappa shape index (κ3) is 3.80. The topological polar surface area (TPSA) is 41.6 Å². The van der Waals surface area contributed by atoms with E-state index in [2.05, 4.69) is 22.3 Å². The molecule has 1 N–H and O–H groups in total. The molecule has 1 aliphatic carbocycles. The molecule has 0 bridgehead atoms. The molecule has 0 radical (unpaired) electrons. The van der Waals surface area contributed by atoms with Crippen LogP contribution in [0, 0.1) is 5.92 Å². The van der Waals surface area contributed by atoms with Gasteiger partial charge in [-0.25, -0.2) is 0 Å². The van der Waals surface area contributed by atoms with Crippen molar-refractivity contribution in [1.29, 1.82) is 0 Å². The summed E-state index contributed by atoms with van der Waals surface area (Å²) < 4.78 is 5.40. The second-order valence-electron chi connectivity index (χ2n) is 6.54. The molecule has 0 spiro atoms. The fourth-order valence-corrected chi connectivity index (χ4v) is 3.60. The van der Waals surface area contributed by atoms with Gasteiger partial charge in [0.25, 0.3) is 0 Å². The van der Waals surface area contributed by atoms with Gasteiger partial charge in [-0.15, -0.1) is 0 Å². The zero-order valence-electron chi connectivity index (χ0n) is 13.4. The fourth-order valence-electron chi connectivity index (χ4n) is 3.60. The van der Waals surface area contributed by atoms with Crippen LogP contribution in [-0.2, 0) is 9.53 Å². The van der Waals surface area contributed by atoms with E-state index in [0.717, 1.165) is 25.2 Å². The number of hydrogen-bond acceptors (Lipinski definition) is 3. The van der Waals surface area contributed by atoms with E-state index in [1.165, 1.54) is 31.4 Å². The van der Waals surface area contributed by atoms with E-state index in [-0.39, 0.29) is 5.91 Å². The lowest BCUT2D eigenvalue weighted by atomic mass is 10.0. The van der Waals surface area contributed by atoms with Crippen LogP contribution in [0.3, 0.4) is 0 Å². The summed E-state index contributed by atoms with van der Waals surface area (Å²) in [6.45, 7) is 1.98. The van der Waals surface area contributed by atoms with Gasteiger partial charge in [0, 0.05) is 38.0 Å². The molecule has 120 valence electrons. The Morgan fingerprint density at radius 1 is 1.23 bits per heavy atom. The number of ether oxygens (including phenoxy) is 1. The van der Waals surface area contributed by atoms with Crippen molar-refractivity contribution in [3.8, 4) is 0 Å². The number of methoxy groups -OCH3 is 1. The number of nitrogens with zero attached hydrogens (tertiary/aromatic N) is 1. The highest BCUT2D eigenvalue weighted by atomic mass is 16.5. The first-order valence-corrected chi connectivity index (χ1v) is 8.42. The Morgan fingerprint density at radius 2 is 1.95 bits per heavy atom. The van der Waals surface area contributed by atoms with Gasteiger partial charge in [-0.05, 0) is 49.4 Å². The smallest absolute Gasteiger partial charge is 0.224 e. The van der Waals surface area contributed by atoms with Crippen molar-refractivity contribution < 1.29 is 9.53 Å². The minimum absolute atomic E-state index is 0.153. The number of hydrogen-bond donors (Lipinski definition) is 1. The minimum Gasteiger partial charge on any atom is -0.380 e. The molecule has 1 aromatic rings. The van der Waals surface area contributed by atoms with Crippen LogP contribution in [0.2, 0.25) is 0 Å². The molecule has 1 saturated heterocycles. The van der Waals surface area contributed by atoms with E-state index in [4.69, 9.17) is 4.74 Å². The number of rotatable bonds is 5. The monoisotopic (exact) mass is 302 g/mol. The molecular formula is C18H26N2O2. The molecule has 1 aromatic carbocycles. The molecule has 1 unspecified atom stereocenters. The predicted octanol–water partition coefficient (Wildman–Crippen LogP) is 3.43. The third-order valence-corrected chi connectivity index (χ3v) is 4.94. The summed E-state index contributed by atoms with van der Waals surface area (Å²) in [6, 6.07) is 8.18. The molecule has 2 fully saturated rings. The standard InChI is InChI=1S/C18H26N2O2/c1-22-17-10-11-20(13-17)16-8-6-15(7-9-16)19-18(21)12-14-4-2-3-5-14/h6-9,14,17H,2-5,10-13H2,1H3,(H,19,21). The normalized spacial score (nSPS) is 22.2. The van der Waals surface area contributed by atoms with Gasteiger partial charge in [0.2, 0.25) is 5.91 Å². The maximum absolute atomic E-state index is 12.1. The van der Waals surface area contributed by atoms with Crippen LogP contribution in [0.25, 0.3) is 0 Å². The second-order valence-corrected chi connectivity index (χ2v) is 6.54. The number of nitrogens with one attached hydrogen (secondary N) is 1. The van der Waals surface area contributed by atoms with E-state index in [1.54, 1.807) is 7.11 Å². The van der Waals surface area contributed by atoms with Gasteiger partial charge in [0.1, 0.15) is 0 Å². The van der Waals surface area contributed by atoms with Crippen LogP contribution in [0.1, 0.15) is 38.5 Å². The maximum atomic E-state index is 12.1. The zero-order chi connectivity index (χ0) is 15.4. The van der Waals surface area contributed by atoms with Gasteiger partial charge < -0.3 is 15.0 Å². The highest BCUT2D eigenvalue weighted by Crippen LogP contribution is 2.28. The van der Waals surface area contributed by atoms with Crippen LogP contribution < -0.4 is 10.2 Å². The highest BCUT2D eigenvalue weighted by Gasteiger charge is 2.22. The Hall–Kier alpha value is -1.55. The van der Waals surface area contributed by atoms with Crippen LogP contribution in [0.4, 0.5) is 11.4 Å². The van der Waals surface area contributed by atoms with Crippen LogP contribution in [-0.4, -0.2) is 32.2 Å². The average Bonchev–Trinajstić information content (AvgIpc) is 3.19. The molecule has 1 aliphatic heterocycles. The summed E-state index contributed by atoms with van der Waals surface area (Å²) in [5.41, 5.74) is 2.10. The second kappa shape index (κ2) is 7.14. The van der Waals surface area contributed by atoms with E-state index in [9.17, 15) is 4.79 Å². The summed E-state index contributed by atoms with van der Waals surface area (Å²) >= 11 is 0. The van der Waals surface area contributed by atoms with Crippen molar-refractivity contribution in [3.63, 3.8) is 0 Å². The Morgan fingerprint density at radius 3 is 2.59 bits per heavy atom. The first kappa shape index (κ1) is 15.3. The van der Waals surface area contributed by atoms with Crippen LogP contribution in [0.5, 0.6) is 0 Å². The third-order valence-electron chi connectivity index (χ3n) is 4.94. The number of amides is 1. The number of anilines is 2. The van der Waals surface area contributed by atoms with Crippen molar-refractivity contribution in [2.75, 3.05) is 30.4 Å². The molecule has 3 rings (SSSR count). The van der Waals surface area contributed by atoms with E-state index < -0.39 is 0 Å². The average molecular weight is 302 g/mol. The molecule has 22 heavy (non-hydrogen) atoms. The van der Waals surface area contributed by atoms with Gasteiger partial charge in [-0.1, -0.05) is 12.8 Å². The summed E-state index contributed by atoms with van der Waals surface area (Å²) in [7, 11) is 1.77. The number of carbonyl (C=O) groups is 1. The van der Waals surface area contributed by atoms with E-state index in [0.29, 0.717) is 18.4 Å².